The number of urea groups is 1. The number of rotatable bonds is 2. The molecule has 7 heteroatoms. The van der Waals surface area contributed by atoms with Crippen LogP contribution >= 0.6 is 0 Å². The molecule has 1 rings (SSSR count). The van der Waals surface area contributed by atoms with Crippen LogP contribution in [-0.2, 0) is 0 Å². The molecule has 2 N–H and O–H groups in total. The minimum atomic E-state index is -0.769. The molecule has 0 atom stereocenters. The number of hydrogen-bond acceptors (Lipinski definition) is 3. The second-order valence-corrected chi connectivity index (χ2v) is 2.62. The van der Waals surface area contributed by atoms with E-state index in [1.54, 1.807) is 0 Å². The Morgan fingerprint density at radius 2 is 2.20 bits per heavy atom. The zero-order valence-electron chi connectivity index (χ0n) is 7.78. The van der Waals surface area contributed by atoms with Crippen molar-refractivity contribution >= 4 is 17.4 Å². The van der Waals surface area contributed by atoms with E-state index < -0.39 is 22.5 Å². The molecule has 2 amide bonds. The molecule has 1 aromatic rings. The lowest BCUT2D eigenvalue weighted by Gasteiger charge is -2.04. The standard InChI is InChI=1S/C8H8FN3O3/c1-10-8(13)11-6-3-2-5(9)4-7(6)12(14)15/h2-4H,1H3,(H2,10,11,13). The van der Waals surface area contributed by atoms with Crippen molar-refractivity contribution < 1.29 is 14.1 Å². The average molecular weight is 213 g/mol. The van der Waals surface area contributed by atoms with Crippen LogP contribution in [0.2, 0.25) is 0 Å². The maximum absolute atomic E-state index is 12.7. The van der Waals surface area contributed by atoms with Gasteiger partial charge in [0.25, 0.3) is 5.69 Å². The number of anilines is 1. The summed E-state index contributed by atoms with van der Waals surface area (Å²) in [4.78, 5) is 20.6. The highest BCUT2D eigenvalue weighted by molar-refractivity contribution is 5.91. The topological polar surface area (TPSA) is 84.3 Å². The van der Waals surface area contributed by atoms with Crippen LogP contribution in [0.3, 0.4) is 0 Å². The Labute approximate surface area is 84.2 Å². The van der Waals surface area contributed by atoms with E-state index in [1.807, 2.05) is 0 Å². The molecule has 0 saturated heterocycles. The first-order valence-corrected chi connectivity index (χ1v) is 3.97. The van der Waals surface area contributed by atoms with E-state index in [4.69, 9.17) is 0 Å². The number of carbonyl (C=O) groups is 1. The summed E-state index contributed by atoms with van der Waals surface area (Å²) < 4.78 is 12.7. The number of nitro benzene ring substituents is 1. The number of benzene rings is 1. The van der Waals surface area contributed by atoms with Crippen molar-refractivity contribution in [1.29, 1.82) is 0 Å². The smallest absolute Gasteiger partial charge is 0.319 e. The molecule has 0 unspecified atom stereocenters. The maximum atomic E-state index is 12.7. The first kappa shape index (κ1) is 10.9. The van der Waals surface area contributed by atoms with Gasteiger partial charge in [-0.25, -0.2) is 9.18 Å². The molecule has 0 aliphatic carbocycles. The van der Waals surface area contributed by atoms with Crippen LogP contribution in [0.25, 0.3) is 0 Å². The van der Waals surface area contributed by atoms with Crippen molar-refractivity contribution in [1.82, 2.24) is 5.32 Å². The predicted molar refractivity (Wildman–Crippen MR) is 51.1 cm³/mol. The van der Waals surface area contributed by atoms with Gasteiger partial charge < -0.3 is 10.6 Å². The summed E-state index contributed by atoms with van der Waals surface area (Å²) in [6, 6.07) is 2.29. The molecular weight excluding hydrogens is 205 g/mol. The molecule has 0 saturated carbocycles. The molecule has 0 radical (unpaired) electrons. The molecule has 0 aliphatic heterocycles. The Balaban J connectivity index is 3.06. The van der Waals surface area contributed by atoms with E-state index in [-0.39, 0.29) is 5.69 Å². The second-order valence-electron chi connectivity index (χ2n) is 2.62. The van der Waals surface area contributed by atoms with Crippen LogP contribution in [0.15, 0.2) is 18.2 Å². The summed E-state index contributed by atoms with van der Waals surface area (Å²) in [5.74, 6) is -0.732. The predicted octanol–water partition coefficient (Wildman–Crippen LogP) is 1.49. The first-order chi connectivity index (χ1) is 7.04. The average Bonchev–Trinajstić information content (AvgIpc) is 2.20. The van der Waals surface area contributed by atoms with E-state index in [1.165, 1.54) is 7.05 Å². The lowest BCUT2D eigenvalue weighted by molar-refractivity contribution is -0.384. The van der Waals surface area contributed by atoms with Gasteiger partial charge in [-0.05, 0) is 12.1 Å². The molecule has 6 nitrogen and oxygen atoms in total. The zero-order valence-corrected chi connectivity index (χ0v) is 7.78. The normalized spacial score (nSPS) is 9.47. The third-order valence-electron chi connectivity index (χ3n) is 1.63. The quantitative estimate of drug-likeness (QED) is 0.576. The molecule has 15 heavy (non-hydrogen) atoms. The lowest BCUT2D eigenvalue weighted by Crippen LogP contribution is -2.24. The molecule has 0 spiro atoms. The van der Waals surface area contributed by atoms with E-state index in [2.05, 4.69) is 10.6 Å². The van der Waals surface area contributed by atoms with Gasteiger partial charge in [0, 0.05) is 7.05 Å². The van der Waals surface area contributed by atoms with Gasteiger partial charge in [-0.3, -0.25) is 10.1 Å². The first-order valence-electron chi connectivity index (χ1n) is 3.97. The summed E-state index contributed by atoms with van der Waals surface area (Å²) in [5.41, 5.74) is -0.542. The summed E-state index contributed by atoms with van der Waals surface area (Å²) in [6.07, 6.45) is 0. The number of nitro groups is 1. The van der Waals surface area contributed by atoms with Crippen LogP contribution in [0.4, 0.5) is 20.6 Å². The van der Waals surface area contributed by atoms with E-state index in [9.17, 15) is 19.3 Å². The van der Waals surface area contributed by atoms with Crippen molar-refractivity contribution in [2.24, 2.45) is 0 Å². The molecule has 0 heterocycles. The zero-order chi connectivity index (χ0) is 11.4. The van der Waals surface area contributed by atoms with Gasteiger partial charge in [-0.15, -0.1) is 0 Å². The van der Waals surface area contributed by atoms with Crippen molar-refractivity contribution in [3.8, 4) is 0 Å². The van der Waals surface area contributed by atoms with Gasteiger partial charge in [-0.2, -0.15) is 0 Å². The van der Waals surface area contributed by atoms with E-state index >= 15 is 0 Å². The molecule has 0 aliphatic rings. The second kappa shape index (κ2) is 4.36. The van der Waals surface area contributed by atoms with Gasteiger partial charge >= 0.3 is 6.03 Å². The summed E-state index contributed by atoms with van der Waals surface area (Å²) >= 11 is 0. The highest BCUT2D eigenvalue weighted by Gasteiger charge is 2.16. The van der Waals surface area contributed by atoms with Crippen molar-refractivity contribution in [3.05, 3.63) is 34.1 Å². The third kappa shape index (κ3) is 2.63. The number of amides is 2. The summed E-state index contributed by atoms with van der Waals surface area (Å²) in [6.45, 7) is 0. The van der Waals surface area contributed by atoms with Crippen molar-refractivity contribution in [3.63, 3.8) is 0 Å². The monoisotopic (exact) mass is 213 g/mol. The molecule has 1 aromatic carbocycles. The van der Waals surface area contributed by atoms with Gasteiger partial charge in [0.1, 0.15) is 11.5 Å². The van der Waals surface area contributed by atoms with Crippen LogP contribution < -0.4 is 10.6 Å². The fourth-order valence-electron chi connectivity index (χ4n) is 0.946. The third-order valence-corrected chi connectivity index (χ3v) is 1.63. The highest BCUT2D eigenvalue weighted by Crippen LogP contribution is 2.24. The number of carbonyl (C=O) groups excluding carboxylic acids is 1. The fraction of sp³-hybridized carbons (Fsp3) is 0.125. The minimum absolute atomic E-state index is 0.0549. The Morgan fingerprint density at radius 3 is 2.73 bits per heavy atom. The van der Waals surface area contributed by atoms with Gasteiger partial charge in [0.2, 0.25) is 0 Å². The lowest BCUT2D eigenvalue weighted by atomic mass is 10.2. The van der Waals surface area contributed by atoms with Gasteiger partial charge in [0.05, 0.1) is 11.0 Å². The van der Waals surface area contributed by atoms with Gasteiger partial charge in [0.15, 0.2) is 0 Å². The van der Waals surface area contributed by atoms with E-state index in [0.29, 0.717) is 0 Å². The summed E-state index contributed by atoms with van der Waals surface area (Å²) in [5, 5.41) is 14.9. The van der Waals surface area contributed by atoms with Crippen LogP contribution in [0, 0.1) is 15.9 Å². The Bertz CT molecular complexity index is 408. The Morgan fingerprint density at radius 1 is 1.53 bits per heavy atom. The molecule has 0 bridgehead atoms. The van der Waals surface area contributed by atoms with E-state index in [0.717, 1.165) is 18.2 Å². The number of halogens is 1. The van der Waals surface area contributed by atoms with Crippen LogP contribution in [-0.4, -0.2) is 18.0 Å². The summed E-state index contributed by atoms with van der Waals surface area (Å²) in [7, 11) is 1.37. The van der Waals surface area contributed by atoms with Crippen LogP contribution in [0.5, 0.6) is 0 Å². The SMILES string of the molecule is CNC(=O)Nc1ccc(F)cc1[N+](=O)[O-]. The number of hydrogen-bond donors (Lipinski definition) is 2. The Hall–Kier alpha value is -2.18. The largest absolute Gasteiger partial charge is 0.341 e. The van der Waals surface area contributed by atoms with Crippen molar-refractivity contribution in [2.75, 3.05) is 12.4 Å². The number of nitrogens with zero attached hydrogens (tertiary/aromatic N) is 1. The van der Waals surface area contributed by atoms with Gasteiger partial charge in [-0.1, -0.05) is 0 Å². The maximum Gasteiger partial charge on any atom is 0.319 e. The molecular formula is C8H8FN3O3. The highest BCUT2D eigenvalue weighted by atomic mass is 19.1. The molecule has 80 valence electrons. The van der Waals surface area contributed by atoms with Crippen molar-refractivity contribution in [2.45, 2.75) is 0 Å². The number of nitrogens with one attached hydrogen (secondary N) is 2. The minimum Gasteiger partial charge on any atom is -0.341 e. The molecule has 0 fully saturated rings. The molecule has 0 aromatic heterocycles. The van der Waals surface area contributed by atoms with Crippen LogP contribution in [0.1, 0.15) is 0 Å². The fourth-order valence-corrected chi connectivity index (χ4v) is 0.946. The Kier molecular flexibility index (Phi) is 3.17.